The first kappa shape index (κ1) is 152. The number of hydrogen-bond acceptors (Lipinski definition) is 10. The van der Waals surface area contributed by atoms with E-state index in [2.05, 4.69) is 471 Å². The van der Waals surface area contributed by atoms with E-state index < -0.39 is 0 Å². The van der Waals surface area contributed by atoms with Crippen LogP contribution in [0.5, 0.6) is 0 Å². The van der Waals surface area contributed by atoms with Crippen LogP contribution in [-0.4, -0.2) is 62.2 Å². The smallest absolute Gasteiger partial charge is 0.155 e. The fourth-order valence-corrected chi connectivity index (χ4v) is 1090. The Morgan fingerprint density at radius 3 is 0.816 bits per heavy atom. The lowest BCUT2D eigenvalue weighted by Gasteiger charge is -2.56. The zero-order chi connectivity index (χ0) is 105. The highest BCUT2D eigenvalue weighted by atomic mass is 33.6. The highest BCUT2D eigenvalue weighted by Gasteiger charge is 2.58. The van der Waals surface area contributed by atoms with E-state index in [-0.39, 0.29) is 271 Å². The second-order valence-corrected chi connectivity index (χ2v) is 350. The van der Waals surface area contributed by atoms with Gasteiger partial charge in [0.1, 0.15) is 24.3 Å². The first-order chi connectivity index (χ1) is 66.3. The van der Waals surface area contributed by atoms with Crippen molar-refractivity contribution in [3.63, 3.8) is 0 Å². The van der Waals surface area contributed by atoms with Gasteiger partial charge < -0.3 is 9.80 Å². The lowest BCUT2D eigenvalue weighted by molar-refractivity contribution is 0.460. The van der Waals surface area contributed by atoms with E-state index in [1.165, 1.54) is 96.4 Å². The predicted octanol–water partition coefficient (Wildman–Crippen LogP) is 55.6. The lowest BCUT2D eigenvalue weighted by atomic mass is 9.95. The van der Waals surface area contributed by atoms with E-state index in [0.717, 1.165) is 116 Å². The summed E-state index contributed by atoms with van der Waals surface area (Å²) in [6.45, 7) is 7.48. The largest absolute Gasteiger partial charge is 0.347 e. The first-order valence-electron chi connectivity index (χ1n) is 41.0. The van der Waals surface area contributed by atoms with Gasteiger partial charge in [0.25, 0.3) is 0 Å². The molecule has 794 valence electrons. The minimum Gasteiger partial charge on any atom is -0.347 e. The van der Waals surface area contributed by atoms with Crippen LogP contribution >= 0.6 is 633 Å². The molecule has 0 bridgehead atoms. The molecule has 8 aromatic rings. The van der Waals surface area contributed by atoms with Crippen LogP contribution in [0.2, 0.25) is 0 Å². The van der Waals surface area contributed by atoms with Gasteiger partial charge in [0, 0.05) is 58.8 Å². The Kier molecular flexibility index (Phi) is 83.5. The molecule has 4 aliphatic rings. The minimum absolute atomic E-state index is 0.0190. The van der Waals surface area contributed by atoms with Crippen LogP contribution in [0.3, 0.4) is 0 Å². The van der Waals surface area contributed by atoms with E-state index in [1.807, 2.05) is 0 Å². The quantitative estimate of drug-likeness (QED) is 0.0344. The van der Waals surface area contributed by atoms with Crippen LogP contribution in [0.15, 0.2) is 61.2 Å². The SMILES string of the molecule is Cc1nc2cc([C@@H]3CCCCN3c3ncnc4cccc(C)c34)nn2c2c1CCCC2.Cc1nc2cc([C@H]3CCCCN3c3ncnc4cccc(C)c34)nn2c2c1CCCC2.PP(P)P(P)P(P(P)P)P(P(P(P(P)P)P(P)P)P(P(P)P)P(P)P)P(P(P(P)P)P(P)P)P(P(P)P)P(P)P.PPP(P)P(P(P)P)P(P(P(P(P)P)P(P)P)P(P(P)P)P(P)P)P(P(P(P)P)P(P)P)P(P(P)P)P(P)P. The summed E-state index contributed by atoms with van der Waals surface area (Å²) in [5.41, 5.74) is 16.6. The zero-order valence-corrected chi connectivity index (χ0v) is 159. The standard InChI is InChI=1S/2C25H28N6.H42P40.H41P39/c2*1-16-8-7-10-19-24(16)25(27-15-26-19)30-13-6-5-12-22(30)20-14-23-28-17(2)18-9-3-4-11-21(18)31(23)29-20;1-22(2)32(21)37(31(19)20)40(38(33(23(3)4)24(5)6)34(25(7)8)26(9)10)39(35(27(11)12)28(13)14)36(29(15)16)30(17)18;1-21-31(20)36(30(18)19)39(37(32(22(2)3)23(4)5)33(24(6)7)25(8)9)38(34(26(10)11)27(12)13)35(28(14)15)29(16)17/h2*7-8,10,14-15,22H,3-6,9,11-13H2,1-2H3;1-21H2;21H,1-20H2/t2*22-;;/m10../s1. The Balaban J connectivity index is 0.000000211. The third-order valence-corrected chi connectivity index (χ3v) is 557. The van der Waals surface area contributed by atoms with Crippen molar-refractivity contribution in [2.24, 2.45) is 0 Å². The van der Waals surface area contributed by atoms with Crippen molar-refractivity contribution in [3.05, 3.63) is 118 Å². The van der Waals surface area contributed by atoms with Gasteiger partial charge in [0.05, 0.1) is 34.5 Å². The Morgan fingerprint density at radius 1 is 0.291 bits per heavy atom. The summed E-state index contributed by atoms with van der Waals surface area (Å²) in [6, 6.07) is 17.5. The maximum absolute atomic E-state index is 5.14. The fraction of sp³-hybridized carbons (Fsp3) is 0.440. The summed E-state index contributed by atoms with van der Waals surface area (Å²) in [6.07, 6.45) is 19.8. The van der Waals surface area contributed by atoms with Gasteiger partial charge in [-0.1, -0.05) is 32.2 Å². The van der Waals surface area contributed by atoms with Crippen LogP contribution in [0, 0.1) is 27.7 Å². The highest BCUT2D eigenvalue weighted by molar-refractivity contribution is 9.51. The van der Waals surface area contributed by atoms with Crippen LogP contribution < -0.4 is 9.80 Å². The van der Waals surface area contributed by atoms with Crippen LogP contribution in [0.25, 0.3) is 33.1 Å². The van der Waals surface area contributed by atoms with Crippen molar-refractivity contribution in [2.45, 2.75) is 130 Å². The molecule has 6 aromatic heterocycles. The molecular weight excluding hydrogens is 3220 g/mol. The lowest BCUT2D eigenvalue weighted by Crippen LogP contribution is -2.34. The Labute approximate surface area is 983 Å². The van der Waals surface area contributed by atoms with Crippen molar-refractivity contribution >= 4 is 677 Å². The van der Waals surface area contributed by atoms with Crippen molar-refractivity contribution < 1.29 is 0 Å². The Morgan fingerprint density at radius 2 is 0.553 bits per heavy atom. The molecule has 2 aromatic carbocycles. The number of hydrogen-bond donors (Lipinski definition) is 0. The molecule has 141 heavy (non-hydrogen) atoms. The molecule has 12 nitrogen and oxygen atoms in total. The normalized spacial score (nSPS) is 17.3. The molecule has 48 atom stereocenters. The number of benzene rings is 2. The summed E-state index contributed by atoms with van der Waals surface area (Å²) in [5, 5.41) is 12.6. The van der Waals surface area contributed by atoms with Gasteiger partial charge >= 0.3 is 0 Å². The molecule has 0 radical (unpaired) electrons. The third-order valence-electron chi connectivity index (χ3n) is 20.9. The number of aromatic nitrogens is 10. The molecule has 12 rings (SSSR count). The van der Waals surface area contributed by atoms with Crippen molar-refractivity contribution in [3.8, 4) is 0 Å². The van der Waals surface area contributed by atoms with E-state index in [1.54, 1.807) is 12.7 Å². The molecule has 0 saturated carbocycles. The van der Waals surface area contributed by atoms with Crippen LogP contribution in [0.1, 0.15) is 133 Å². The second-order valence-electron chi connectivity index (χ2n) is 30.4. The van der Waals surface area contributed by atoms with Gasteiger partial charge in [-0.3, -0.25) is 0 Å². The molecular formula is C50H139N12P79. The number of nitrogens with zero attached hydrogens (tertiary/aromatic N) is 12. The van der Waals surface area contributed by atoms with Crippen molar-refractivity contribution in [1.29, 1.82) is 0 Å². The topological polar surface area (TPSA) is 118 Å². The molecule has 46 unspecified atom stereocenters. The van der Waals surface area contributed by atoms with Gasteiger partial charge in [-0.05, 0) is 411 Å². The van der Waals surface area contributed by atoms with E-state index >= 15 is 0 Å². The van der Waals surface area contributed by atoms with Gasteiger partial charge in [0.15, 0.2) is 11.3 Å². The summed E-state index contributed by atoms with van der Waals surface area (Å²) < 4.78 is 4.26. The molecule has 2 saturated heterocycles. The molecule has 0 spiro atoms. The molecule has 0 N–H and O–H groups in total. The van der Waals surface area contributed by atoms with Gasteiger partial charge in [0.2, 0.25) is 0 Å². The summed E-state index contributed by atoms with van der Waals surface area (Å²) in [7, 11) is 140. The van der Waals surface area contributed by atoms with Gasteiger partial charge in [-0.25, -0.2) is 38.9 Å². The average Bonchev–Trinajstić information content (AvgIpc) is 1.67. The summed E-state index contributed by atoms with van der Waals surface area (Å²) >= 11 is 0. The number of anilines is 2. The highest BCUT2D eigenvalue weighted by Crippen LogP contribution is 3.45. The van der Waals surface area contributed by atoms with E-state index in [0.29, 0.717) is 0 Å². The monoisotopic (exact) mass is 3360 g/mol. The van der Waals surface area contributed by atoms with Crippen LogP contribution in [-0.2, 0) is 25.7 Å². The molecule has 91 heteroatoms. The van der Waals surface area contributed by atoms with E-state index in [4.69, 9.17) is 30.1 Å². The number of piperidine rings is 2. The summed E-state index contributed by atoms with van der Waals surface area (Å²) in [4.78, 5) is 33.3. The second kappa shape index (κ2) is 77.4. The number of aryl methyl sites for hydroxylation is 6. The van der Waals surface area contributed by atoms with Gasteiger partial charge in [-0.2, -0.15) is 10.2 Å². The fourth-order valence-electron chi connectivity index (χ4n) is 15.5. The molecule has 2 fully saturated rings. The van der Waals surface area contributed by atoms with E-state index in [9.17, 15) is 0 Å². The number of rotatable bonds is 40. The van der Waals surface area contributed by atoms with Crippen molar-refractivity contribution in [2.75, 3.05) is 22.9 Å². The minimum atomic E-state index is -0.146. The molecule has 0 amide bonds. The number of fused-ring (bicyclic) bond motifs is 8. The predicted molar refractivity (Wildman–Crippen MR) is 908 cm³/mol. The third kappa shape index (κ3) is 43.5. The Bertz CT molecular complexity index is 4760. The Hall–Kier alpha value is 27.9. The maximum Gasteiger partial charge on any atom is 0.155 e. The molecule has 8 heterocycles. The summed E-state index contributed by atoms with van der Waals surface area (Å²) in [5.74, 6) is 2.08. The van der Waals surface area contributed by atoms with Crippen molar-refractivity contribution in [1.82, 2.24) is 49.1 Å². The first-order valence-corrected chi connectivity index (χ1v) is 184. The zero-order valence-electron chi connectivity index (χ0n) is 77.3. The molecule has 2 aliphatic carbocycles. The molecule has 2 aliphatic heterocycles. The van der Waals surface area contributed by atoms with Crippen LogP contribution in [0.4, 0.5) is 11.6 Å². The maximum atomic E-state index is 5.14. The average molecular weight is 3360 g/mol. The van der Waals surface area contributed by atoms with Gasteiger partial charge in [-0.15, -0.1) is 366 Å².